The first kappa shape index (κ1) is 22.1. The Bertz CT molecular complexity index is 1270. The molecule has 0 unspecified atom stereocenters. The van der Waals surface area contributed by atoms with Gasteiger partial charge in [0.1, 0.15) is 0 Å². The maximum Gasteiger partial charge on any atom is 0.310 e. The topological polar surface area (TPSA) is 87.3 Å². The zero-order chi connectivity index (χ0) is 23.4. The number of hydrogen-bond donors (Lipinski definition) is 3. The maximum atomic E-state index is 13.2. The van der Waals surface area contributed by atoms with Crippen molar-refractivity contribution in [3.8, 4) is 12.3 Å². The molecule has 6 heteroatoms. The van der Waals surface area contributed by atoms with Crippen LogP contribution in [-0.4, -0.2) is 23.8 Å². The van der Waals surface area contributed by atoms with Crippen molar-refractivity contribution in [1.82, 2.24) is 16.0 Å². The molecule has 1 aliphatic carbocycles. The minimum Gasteiger partial charge on any atom is -0.344 e. The highest BCUT2D eigenvalue weighted by Gasteiger charge is 2.46. The second-order valence-electron chi connectivity index (χ2n) is 8.30. The van der Waals surface area contributed by atoms with Gasteiger partial charge in [-0.3, -0.25) is 14.4 Å². The molecule has 1 atom stereocenters. The summed E-state index contributed by atoms with van der Waals surface area (Å²) < 4.78 is 0. The van der Waals surface area contributed by atoms with Crippen molar-refractivity contribution in [3.05, 3.63) is 83.4 Å². The van der Waals surface area contributed by atoms with E-state index < -0.39 is 17.9 Å². The summed E-state index contributed by atoms with van der Waals surface area (Å²) in [6.07, 6.45) is 6.95. The van der Waals surface area contributed by atoms with E-state index in [0.717, 1.165) is 29.2 Å². The number of terminal acetylenes is 1. The number of carbonyl (C=O) groups is 3. The molecule has 1 saturated carbocycles. The average Bonchev–Trinajstić information content (AvgIpc) is 3.62. The van der Waals surface area contributed by atoms with E-state index in [2.05, 4.69) is 52.2 Å². The highest BCUT2D eigenvalue weighted by Crippen LogP contribution is 2.46. The van der Waals surface area contributed by atoms with E-state index in [0.29, 0.717) is 11.1 Å². The van der Waals surface area contributed by atoms with Gasteiger partial charge in [-0.25, -0.2) is 0 Å². The molecule has 1 fully saturated rings. The van der Waals surface area contributed by atoms with Crippen molar-refractivity contribution >= 4 is 28.5 Å². The Kier molecular flexibility index (Phi) is 6.14. The molecule has 0 aliphatic heterocycles. The van der Waals surface area contributed by atoms with Crippen molar-refractivity contribution in [1.29, 1.82) is 0 Å². The van der Waals surface area contributed by atoms with E-state index in [1.807, 2.05) is 12.1 Å². The molecule has 33 heavy (non-hydrogen) atoms. The third kappa shape index (κ3) is 4.88. The number of carbonyl (C=O) groups excluding carboxylic acids is 3. The average molecular weight is 440 g/mol. The Morgan fingerprint density at radius 2 is 1.67 bits per heavy atom. The van der Waals surface area contributed by atoms with Crippen LogP contribution in [0.4, 0.5) is 0 Å². The molecule has 0 spiro atoms. The number of nitrogens with one attached hydrogen (secondary N) is 3. The summed E-state index contributed by atoms with van der Waals surface area (Å²) in [4.78, 5) is 37.2. The van der Waals surface area contributed by atoms with Crippen LogP contribution in [-0.2, 0) is 21.7 Å². The summed E-state index contributed by atoms with van der Waals surface area (Å²) in [5.74, 6) is 0.509. The molecule has 3 aromatic carbocycles. The van der Waals surface area contributed by atoms with Gasteiger partial charge in [-0.1, -0.05) is 60.5 Å². The van der Waals surface area contributed by atoms with Crippen molar-refractivity contribution in [2.45, 2.75) is 37.9 Å². The van der Waals surface area contributed by atoms with E-state index >= 15 is 0 Å². The number of benzene rings is 3. The minimum absolute atomic E-state index is 0.0449. The monoisotopic (exact) mass is 439 g/mol. The first-order valence-electron chi connectivity index (χ1n) is 10.9. The van der Waals surface area contributed by atoms with E-state index in [4.69, 9.17) is 6.42 Å². The van der Waals surface area contributed by atoms with Gasteiger partial charge in [-0.15, -0.1) is 6.42 Å². The van der Waals surface area contributed by atoms with Crippen LogP contribution in [0, 0.1) is 12.3 Å². The summed E-state index contributed by atoms with van der Waals surface area (Å²) in [5, 5.41) is 10.4. The fraction of sp³-hybridized carbons (Fsp3) is 0.222. The predicted octanol–water partition coefficient (Wildman–Crippen LogP) is 3.01. The second-order valence-corrected chi connectivity index (χ2v) is 8.30. The van der Waals surface area contributed by atoms with Gasteiger partial charge in [-0.2, -0.15) is 0 Å². The van der Waals surface area contributed by atoms with Gasteiger partial charge < -0.3 is 16.0 Å². The van der Waals surface area contributed by atoms with Crippen molar-refractivity contribution < 1.29 is 14.4 Å². The van der Waals surface area contributed by atoms with E-state index in [1.165, 1.54) is 0 Å². The van der Waals surface area contributed by atoms with Crippen LogP contribution < -0.4 is 16.0 Å². The van der Waals surface area contributed by atoms with Crippen molar-refractivity contribution in [3.63, 3.8) is 0 Å². The van der Waals surface area contributed by atoms with Crippen LogP contribution in [0.3, 0.4) is 0 Å². The Morgan fingerprint density at radius 1 is 0.970 bits per heavy atom. The lowest BCUT2D eigenvalue weighted by Crippen LogP contribution is -2.43. The molecule has 166 valence electrons. The molecule has 1 aliphatic rings. The van der Waals surface area contributed by atoms with Gasteiger partial charge in [0.2, 0.25) is 0 Å². The molecule has 3 N–H and O–H groups in total. The number of fused-ring (bicyclic) bond motifs is 1. The third-order valence-corrected chi connectivity index (χ3v) is 5.91. The van der Waals surface area contributed by atoms with E-state index in [9.17, 15) is 14.4 Å². The first-order valence-corrected chi connectivity index (χ1v) is 10.9. The van der Waals surface area contributed by atoms with Crippen LogP contribution in [0.2, 0.25) is 0 Å². The Balaban J connectivity index is 1.46. The summed E-state index contributed by atoms with van der Waals surface area (Å²) in [6, 6.07) is 20.9. The fourth-order valence-electron chi connectivity index (χ4n) is 3.84. The molecule has 0 heterocycles. The molecule has 0 aromatic heterocycles. The standard InChI is InChI=1S/C27H25N3O3/c1-3-18(2)29-26(33)25(32)28-17-21-10-6-7-11-23(21)24(31)30-27(14-15-27)22-13-12-19-8-4-5-9-20(19)16-22/h1,4-13,16,18H,14-15,17H2,2H3,(H,28,32)(H,29,33)(H,30,31)/t18-/m0/s1. The minimum atomic E-state index is -0.810. The zero-order valence-corrected chi connectivity index (χ0v) is 18.4. The Hall–Kier alpha value is -4.11. The fourth-order valence-corrected chi connectivity index (χ4v) is 3.84. The molecular weight excluding hydrogens is 414 g/mol. The van der Waals surface area contributed by atoms with Gasteiger partial charge in [0.25, 0.3) is 5.91 Å². The molecule has 0 saturated heterocycles. The number of amides is 3. The van der Waals surface area contributed by atoms with Crippen molar-refractivity contribution in [2.24, 2.45) is 0 Å². The number of rotatable bonds is 6. The van der Waals surface area contributed by atoms with Gasteiger partial charge in [-0.05, 0) is 53.8 Å². The molecular formula is C27H25N3O3. The quantitative estimate of drug-likeness (QED) is 0.408. The third-order valence-electron chi connectivity index (χ3n) is 5.91. The van der Waals surface area contributed by atoms with Gasteiger partial charge in [0.15, 0.2) is 0 Å². The highest BCUT2D eigenvalue weighted by molar-refractivity contribution is 6.35. The molecule has 0 bridgehead atoms. The summed E-state index contributed by atoms with van der Waals surface area (Å²) in [6.45, 7) is 1.65. The van der Waals surface area contributed by atoms with E-state index in [-0.39, 0.29) is 18.0 Å². The Morgan fingerprint density at radius 3 is 2.39 bits per heavy atom. The lowest BCUT2D eigenvalue weighted by molar-refractivity contribution is -0.139. The zero-order valence-electron chi connectivity index (χ0n) is 18.4. The first-order chi connectivity index (χ1) is 15.9. The van der Waals surface area contributed by atoms with Gasteiger partial charge in [0, 0.05) is 12.1 Å². The molecule has 6 nitrogen and oxygen atoms in total. The van der Waals surface area contributed by atoms with Crippen LogP contribution in [0.15, 0.2) is 66.7 Å². The highest BCUT2D eigenvalue weighted by atomic mass is 16.2. The number of hydrogen-bond acceptors (Lipinski definition) is 3. The Labute approximate surface area is 192 Å². The predicted molar refractivity (Wildman–Crippen MR) is 127 cm³/mol. The lowest BCUT2D eigenvalue weighted by atomic mass is 9.99. The van der Waals surface area contributed by atoms with Crippen LogP contribution in [0.1, 0.15) is 41.3 Å². The normalized spacial score (nSPS) is 14.5. The van der Waals surface area contributed by atoms with Gasteiger partial charge >= 0.3 is 11.8 Å². The SMILES string of the molecule is C#C[C@H](C)NC(=O)C(=O)NCc1ccccc1C(=O)NC1(c2ccc3ccccc3c2)CC1. The maximum absolute atomic E-state index is 13.2. The lowest BCUT2D eigenvalue weighted by Gasteiger charge is -2.20. The molecule has 3 aromatic rings. The van der Waals surface area contributed by atoms with Crippen molar-refractivity contribution in [2.75, 3.05) is 0 Å². The summed E-state index contributed by atoms with van der Waals surface area (Å²) in [5.41, 5.74) is 1.78. The van der Waals surface area contributed by atoms with Gasteiger partial charge in [0.05, 0.1) is 11.6 Å². The van der Waals surface area contributed by atoms with Crippen LogP contribution in [0.5, 0.6) is 0 Å². The molecule has 0 radical (unpaired) electrons. The molecule has 3 amide bonds. The second kappa shape index (κ2) is 9.17. The summed E-state index contributed by atoms with van der Waals surface area (Å²) >= 11 is 0. The van der Waals surface area contributed by atoms with E-state index in [1.54, 1.807) is 31.2 Å². The van der Waals surface area contributed by atoms with Crippen LogP contribution >= 0.6 is 0 Å². The smallest absolute Gasteiger partial charge is 0.310 e. The summed E-state index contributed by atoms with van der Waals surface area (Å²) in [7, 11) is 0. The van der Waals surface area contributed by atoms with Crippen LogP contribution in [0.25, 0.3) is 10.8 Å². The molecule has 4 rings (SSSR count). The largest absolute Gasteiger partial charge is 0.344 e.